The fraction of sp³-hybridized carbons (Fsp3) is 1.00. The first-order chi connectivity index (χ1) is 6.46. The quantitative estimate of drug-likeness (QED) is 0.799. The van der Waals surface area contributed by atoms with E-state index in [9.17, 15) is 13.2 Å². The molecule has 2 N–H and O–H groups in total. The van der Waals surface area contributed by atoms with Crippen molar-refractivity contribution in [1.29, 1.82) is 0 Å². The largest absolute Gasteiger partial charge is 0.401 e. The number of hydrogen-bond donors (Lipinski definition) is 1. The first kappa shape index (κ1) is 16.3. The monoisotopic (exact) mass is 280 g/mol. The summed E-state index contributed by atoms with van der Waals surface area (Å²) in [7, 11) is 0. The first-order valence-corrected chi connectivity index (χ1v) is 5.04. The van der Waals surface area contributed by atoms with E-state index in [0.717, 1.165) is 25.7 Å². The molecule has 2 aliphatic heterocycles. The smallest absolute Gasteiger partial charge is 0.328 e. The van der Waals surface area contributed by atoms with Crippen molar-refractivity contribution in [3.8, 4) is 0 Å². The molecule has 0 aliphatic carbocycles. The van der Waals surface area contributed by atoms with E-state index in [1.54, 1.807) is 4.90 Å². The highest BCUT2D eigenvalue weighted by atomic mass is 35.5. The van der Waals surface area contributed by atoms with Crippen molar-refractivity contribution < 1.29 is 13.2 Å². The molecular weight excluding hydrogens is 264 g/mol. The van der Waals surface area contributed by atoms with Crippen LogP contribution in [0.1, 0.15) is 25.7 Å². The van der Waals surface area contributed by atoms with Crippen LogP contribution in [-0.4, -0.2) is 35.7 Å². The third-order valence-corrected chi connectivity index (χ3v) is 3.28. The molecule has 0 spiro atoms. The summed E-state index contributed by atoms with van der Waals surface area (Å²) in [4.78, 5) is 1.60. The average Bonchev–Trinajstić information content (AvgIpc) is 2.31. The molecule has 2 heterocycles. The molecule has 0 amide bonds. The van der Waals surface area contributed by atoms with Gasteiger partial charge < -0.3 is 5.73 Å². The van der Waals surface area contributed by atoms with E-state index in [-0.39, 0.29) is 42.9 Å². The average molecular weight is 281 g/mol. The lowest BCUT2D eigenvalue weighted by Crippen LogP contribution is -2.50. The summed E-state index contributed by atoms with van der Waals surface area (Å²) in [5.74, 6) is 0. The summed E-state index contributed by atoms with van der Waals surface area (Å²) < 4.78 is 36.7. The molecule has 0 saturated carbocycles. The Labute approximate surface area is 106 Å². The summed E-state index contributed by atoms with van der Waals surface area (Å²) in [5.41, 5.74) is 5.77. The number of hydrogen-bond acceptors (Lipinski definition) is 2. The van der Waals surface area contributed by atoms with Crippen LogP contribution in [0.25, 0.3) is 0 Å². The number of piperidine rings is 1. The van der Waals surface area contributed by atoms with Crippen molar-refractivity contribution >= 4 is 24.8 Å². The zero-order valence-electron chi connectivity index (χ0n) is 8.74. The molecule has 2 bridgehead atoms. The van der Waals surface area contributed by atoms with Crippen LogP contribution in [0.15, 0.2) is 0 Å². The van der Waals surface area contributed by atoms with Gasteiger partial charge in [-0.3, -0.25) is 4.90 Å². The maximum atomic E-state index is 12.2. The van der Waals surface area contributed by atoms with Gasteiger partial charge in [-0.25, -0.2) is 0 Å². The van der Waals surface area contributed by atoms with Gasteiger partial charge in [0.1, 0.15) is 0 Å². The van der Waals surface area contributed by atoms with Crippen LogP contribution in [0.3, 0.4) is 0 Å². The highest BCUT2D eigenvalue weighted by Gasteiger charge is 2.44. The fourth-order valence-electron chi connectivity index (χ4n) is 2.78. The van der Waals surface area contributed by atoms with Crippen LogP contribution in [0.4, 0.5) is 13.2 Å². The Morgan fingerprint density at radius 2 is 1.50 bits per heavy atom. The lowest BCUT2D eigenvalue weighted by atomic mass is 9.98. The van der Waals surface area contributed by atoms with Crippen LogP contribution in [0.2, 0.25) is 0 Å². The molecule has 0 aromatic rings. The molecule has 2 nitrogen and oxygen atoms in total. The lowest BCUT2D eigenvalue weighted by Gasteiger charge is -2.37. The predicted octanol–water partition coefficient (Wildman–Crippen LogP) is 2.35. The molecule has 7 heteroatoms. The van der Waals surface area contributed by atoms with Crippen molar-refractivity contribution in [2.45, 2.75) is 50.0 Å². The van der Waals surface area contributed by atoms with Gasteiger partial charge in [-0.15, -0.1) is 24.8 Å². The fourth-order valence-corrected chi connectivity index (χ4v) is 2.78. The highest BCUT2D eigenvalue weighted by molar-refractivity contribution is 5.85. The molecule has 0 aromatic carbocycles. The van der Waals surface area contributed by atoms with Crippen LogP contribution in [0, 0.1) is 0 Å². The number of rotatable bonds is 1. The van der Waals surface area contributed by atoms with E-state index in [2.05, 4.69) is 0 Å². The van der Waals surface area contributed by atoms with Gasteiger partial charge in [-0.05, 0) is 25.7 Å². The maximum absolute atomic E-state index is 12.2. The van der Waals surface area contributed by atoms with Gasteiger partial charge in [0.25, 0.3) is 0 Å². The first-order valence-electron chi connectivity index (χ1n) is 5.04. The summed E-state index contributed by atoms with van der Waals surface area (Å²) >= 11 is 0. The summed E-state index contributed by atoms with van der Waals surface area (Å²) in [6, 6.07) is 0.257. The topological polar surface area (TPSA) is 29.3 Å². The van der Waals surface area contributed by atoms with Crippen molar-refractivity contribution in [1.82, 2.24) is 4.90 Å². The minimum atomic E-state index is -4.07. The van der Waals surface area contributed by atoms with Gasteiger partial charge in [0.15, 0.2) is 0 Å². The number of halogens is 5. The molecule has 2 fully saturated rings. The molecule has 2 aliphatic rings. The highest BCUT2D eigenvalue weighted by Crippen LogP contribution is 2.36. The standard InChI is InChI=1S/C9H15F3N2.2ClH/c10-9(11,12)5-14-7-1-2-8(14)4-6(13)3-7;;/h6-8H,1-5,13H2;2*1H/t6-,7+,8-;;. The number of alkyl halides is 3. The Hall–Kier alpha value is 0.290. The van der Waals surface area contributed by atoms with E-state index in [1.807, 2.05) is 0 Å². The van der Waals surface area contributed by atoms with E-state index in [4.69, 9.17) is 5.73 Å². The number of nitrogens with zero attached hydrogens (tertiary/aromatic N) is 1. The SMILES string of the molecule is Cl.Cl.N[C@H]1C[C@H]2CC[C@@H](C1)N2CC(F)(F)F. The van der Waals surface area contributed by atoms with Gasteiger partial charge in [-0.2, -0.15) is 13.2 Å². The van der Waals surface area contributed by atoms with E-state index < -0.39 is 12.7 Å². The molecule has 16 heavy (non-hydrogen) atoms. The molecule has 2 rings (SSSR count). The molecule has 2 saturated heterocycles. The Morgan fingerprint density at radius 1 is 1.06 bits per heavy atom. The molecule has 0 unspecified atom stereocenters. The van der Waals surface area contributed by atoms with Gasteiger partial charge >= 0.3 is 6.18 Å². The van der Waals surface area contributed by atoms with Crippen LogP contribution in [-0.2, 0) is 0 Å². The van der Waals surface area contributed by atoms with Crippen molar-refractivity contribution in [3.05, 3.63) is 0 Å². The minimum Gasteiger partial charge on any atom is -0.328 e. The van der Waals surface area contributed by atoms with Crippen molar-refractivity contribution in [3.63, 3.8) is 0 Å². The minimum absolute atomic E-state index is 0. The normalized spacial score (nSPS) is 34.1. The van der Waals surface area contributed by atoms with Crippen LogP contribution >= 0.6 is 24.8 Å². The van der Waals surface area contributed by atoms with E-state index >= 15 is 0 Å². The molecule has 3 atom stereocenters. The van der Waals surface area contributed by atoms with Crippen molar-refractivity contribution in [2.24, 2.45) is 5.73 Å². The van der Waals surface area contributed by atoms with Crippen LogP contribution < -0.4 is 5.73 Å². The summed E-state index contributed by atoms with van der Waals surface area (Å²) in [6.45, 7) is -0.755. The van der Waals surface area contributed by atoms with E-state index in [0.29, 0.717) is 0 Å². The second kappa shape index (κ2) is 5.76. The van der Waals surface area contributed by atoms with Gasteiger partial charge in [0, 0.05) is 18.1 Å². The Morgan fingerprint density at radius 3 is 1.88 bits per heavy atom. The van der Waals surface area contributed by atoms with E-state index in [1.165, 1.54) is 0 Å². The van der Waals surface area contributed by atoms with Crippen molar-refractivity contribution in [2.75, 3.05) is 6.54 Å². The van der Waals surface area contributed by atoms with Crippen LogP contribution in [0.5, 0.6) is 0 Å². The molecule has 0 aromatic heterocycles. The summed E-state index contributed by atoms with van der Waals surface area (Å²) in [6.07, 6.45) is -0.843. The third-order valence-electron chi connectivity index (χ3n) is 3.28. The molecular formula is C9H17Cl2F3N2. The third kappa shape index (κ3) is 3.65. The zero-order valence-corrected chi connectivity index (χ0v) is 10.4. The zero-order chi connectivity index (χ0) is 10.3. The number of fused-ring (bicyclic) bond motifs is 2. The van der Waals surface area contributed by atoms with Gasteiger partial charge in [0.2, 0.25) is 0 Å². The predicted molar refractivity (Wildman–Crippen MR) is 61.3 cm³/mol. The lowest BCUT2D eigenvalue weighted by molar-refractivity contribution is -0.155. The Balaban J connectivity index is 0.00000112. The summed E-state index contributed by atoms with van der Waals surface area (Å²) in [5, 5.41) is 0. The van der Waals surface area contributed by atoms with Gasteiger partial charge in [-0.1, -0.05) is 0 Å². The second-order valence-corrected chi connectivity index (χ2v) is 4.40. The second-order valence-electron chi connectivity index (χ2n) is 4.40. The number of nitrogens with two attached hydrogens (primary N) is 1. The molecule has 0 radical (unpaired) electrons. The van der Waals surface area contributed by atoms with Gasteiger partial charge in [0.05, 0.1) is 6.54 Å². The Kier molecular flexibility index (Phi) is 5.86. The maximum Gasteiger partial charge on any atom is 0.401 e. The molecule has 98 valence electrons. The Bertz CT molecular complexity index is 211.